The van der Waals surface area contributed by atoms with E-state index < -0.39 is 41.1 Å². The van der Waals surface area contributed by atoms with Crippen molar-refractivity contribution in [3.63, 3.8) is 0 Å². The van der Waals surface area contributed by atoms with Crippen LogP contribution in [0, 0.1) is 17.8 Å². The first kappa shape index (κ1) is 29.8. The van der Waals surface area contributed by atoms with Gasteiger partial charge in [0.1, 0.15) is 17.6 Å². The van der Waals surface area contributed by atoms with Gasteiger partial charge in [-0.15, -0.1) is 13.2 Å². The Morgan fingerprint density at radius 1 is 1.18 bits per heavy atom. The maximum atomic E-state index is 14.6. The zero-order valence-corrected chi connectivity index (χ0v) is 24.1. The molecule has 4 aliphatic rings. The largest absolute Gasteiger partial charge is 0.465 e. The average Bonchev–Trinajstić information content (AvgIpc) is 3.48. The number of hydrogen-bond acceptors (Lipinski definition) is 6. The molecule has 218 valence electrons. The van der Waals surface area contributed by atoms with Crippen LogP contribution in [0.25, 0.3) is 0 Å². The Morgan fingerprint density at radius 2 is 1.90 bits per heavy atom. The highest BCUT2D eigenvalue weighted by molar-refractivity contribution is 5.99. The molecule has 4 fully saturated rings. The highest BCUT2D eigenvalue weighted by Crippen LogP contribution is 2.64. The quantitative estimate of drug-likeness (QED) is 0.214. The van der Waals surface area contributed by atoms with Crippen molar-refractivity contribution in [3.8, 4) is 0 Å². The fraction of sp³-hybridized carbons (Fsp3) is 0.774. The zero-order valence-electron chi connectivity index (χ0n) is 24.1. The van der Waals surface area contributed by atoms with Crippen LogP contribution in [0.5, 0.6) is 0 Å². The van der Waals surface area contributed by atoms with Crippen LogP contribution < -0.4 is 0 Å². The van der Waals surface area contributed by atoms with E-state index >= 15 is 0 Å². The number of esters is 1. The van der Waals surface area contributed by atoms with Crippen molar-refractivity contribution >= 4 is 17.8 Å². The van der Waals surface area contributed by atoms with Crippen molar-refractivity contribution in [3.05, 3.63) is 25.3 Å². The Morgan fingerprint density at radius 3 is 2.51 bits per heavy atom. The molecule has 2 amide bonds. The molecule has 2 bridgehead atoms. The number of hydrogen-bond donors (Lipinski definition) is 1. The van der Waals surface area contributed by atoms with Gasteiger partial charge in [-0.05, 0) is 57.8 Å². The molecule has 0 aromatic rings. The molecule has 0 radical (unpaired) electrons. The van der Waals surface area contributed by atoms with Crippen LogP contribution in [0.1, 0.15) is 85.0 Å². The van der Waals surface area contributed by atoms with Gasteiger partial charge >= 0.3 is 5.97 Å². The normalized spacial score (nSPS) is 32.8. The number of rotatable bonds is 13. The van der Waals surface area contributed by atoms with Crippen molar-refractivity contribution in [1.82, 2.24) is 9.80 Å². The molecule has 2 unspecified atom stereocenters. The number of nitrogens with zero attached hydrogens (tertiary/aromatic N) is 2. The molecule has 4 rings (SSSR count). The van der Waals surface area contributed by atoms with Gasteiger partial charge in [0.2, 0.25) is 11.8 Å². The van der Waals surface area contributed by atoms with Gasteiger partial charge in [-0.25, -0.2) is 0 Å². The molecule has 3 heterocycles. The van der Waals surface area contributed by atoms with Crippen LogP contribution >= 0.6 is 0 Å². The van der Waals surface area contributed by atoms with Crippen molar-refractivity contribution in [2.24, 2.45) is 17.8 Å². The van der Waals surface area contributed by atoms with E-state index in [4.69, 9.17) is 9.47 Å². The standard InChI is InChI=1S/C31H48N2O6/c1-6-8-9-13-19-38-29(37)25-24-27(35)33(23(20-34)21(3)4)26(31(24)17-16-30(25,5)39-31)28(36)32(18-7-2)22-14-11-10-12-15-22/h6-7,21-26,34H,1-2,8-20H2,3-5H3/t23-,24-,25-,26?,30+,31?/m0/s1. The molecule has 6 atom stereocenters. The van der Waals surface area contributed by atoms with E-state index in [1.165, 1.54) is 0 Å². The highest BCUT2D eigenvalue weighted by Gasteiger charge is 2.79. The molecule has 8 heteroatoms. The second-order valence-corrected chi connectivity index (χ2v) is 12.5. The van der Waals surface area contributed by atoms with Crippen LogP contribution in [0.4, 0.5) is 0 Å². The summed E-state index contributed by atoms with van der Waals surface area (Å²) in [5, 5.41) is 10.4. The minimum Gasteiger partial charge on any atom is -0.465 e. The second-order valence-electron chi connectivity index (χ2n) is 12.5. The van der Waals surface area contributed by atoms with E-state index in [1.807, 2.05) is 31.7 Å². The van der Waals surface area contributed by atoms with Crippen molar-refractivity contribution in [2.45, 2.75) is 114 Å². The lowest BCUT2D eigenvalue weighted by molar-refractivity contribution is -0.163. The fourth-order valence-electron chi connectivity index (χ4n) is 7.74. The van der Waals surface area contributed by atoms with E-state index in [9.17, 15) is 19.5 Å². The zero-order chi connectivity index (χ0) is 28.4. The lowest BCUT2D eigenvalue weighted by Gasteiger charge is -2.43. The maximum Gasteiger partial charge on any atom is 0.312 e. The lowest BCUT2D eigenvalue weighted by atomic mass is 9.66. The Hall–Kier alpha value is -2.19. The molecule has 3 aliphatic heterocycles. The third-order valence-electron chi connectivity index (χ3n) is 9.69. The number of unbranched alkanes of at least 4 members (excludes halogenated alkanes) is 2. The van der Waals surface area contributed by atoms with Gasteiger partial charge < -0.3 is 24.4 Å². The van der Waals surface area contributed by atoms with Crippen molar-refractivity contribution in [1.29, 1.82) is 0 Å². The number of ether oxygens (including phenoxy) is 2. The Labute approximate surface area is 233 Å². The first-order chi connectivity index (χ1) is 18.7. The van der Waals surface area contributed by atoms with Gasteiger partial charge in [0.15, 0.2) is 0 Å². The van der Waals surface area contributed by atoms with Gasteiger partial charge in [0.05, 0.1) is 30.8 Å². The lowest BCUT2D eigenvalue weighted by Crippen LogP contribution is -2.61. The molecule has 1 N–H and O–H groups in total. The Bertz CT molecular complexity index is 945. The minimum absolute atomic E-state index is 0.0776. The molecular formula is C31H48N2O6. The number of allylic oxidation sites excluding steroid dienone is 1. The Balaban J connectivity index is 1.71. The molecule has 1 aliphatic carbocycles. The average molecular weight is 545 g/mol. The first-order valence-electron chi connectivity index (χ1n) is 15.0. The number of fused-ring (bicyclic) bond motifs is 1. The van der Waals surface area contributed by atoms with Gasteiger partial charge in [0.25, 0.3) is 0 Å². The number of carbonyl (C=O) groups excluding carboxylic acids is 3. The molecular weight excluding hydrogens is 496 g/mol. The van der Waals surface area contributed by atoms with Crippen molar-refractivity contribution in [2.75, 3.05) is 19.8 Å². The Kier molecular flexibility index (Phi) is 9.26. The van der Waals surface area contributed by atoms with Crippen LogP contribution in [-0.4, -0.2) is 81.8 Å². The number of likely N-dealkylation sites (tertiary alicyclic amines) is 1. The summed E-state index contributed by atoms with van der Waals surface area (Å²) in [7, 11) is 0. The van der Waals surface area contributed by atoms with E-state index in [2.05, 4.69) is 13.2 Å². The van der Waals surface area contributed by atoms with Gasteiger partial charge in [0, 0.05) is 12.6 Å². The summed E-state index contributed by atoms with van der Waals surface area (Å²) in [6.45, 7) is 13.8. The van der Waals surface area contributed by atoms with E-state index in [-0.39, 0.29) is 37.0 Å². The minimum atomic E-state index is -1.12. The maximum absolute atomic E-state index is 14.6. The fourth-order valence-corrected chi connectivity index (χ4v) is 7.74. The van der Waals surface area contributed by atoms with Crippen LogP contribution in [0.3, 0.4) is 0 Å². The molecule has 1 spiro atoms. The number of carbonyl (C=O) groups is 3. The molecule has 0 aromatic heterocycles. The SMILES string of the molecule is C=CCCCCOC(=O)[C@@H]1[C@H]2C(=O)N([C@@H](CO)C(C)C)C(C(=O)N(CC=C)C3CCCCC3)C23CC[C@@]1(C)O3. The third-order valence-corrected chi connectivity index (χ3v) is 9.69. The summed E-state index contributed by atoms with van der Waals surface area (Å²) in [4.78, 5) is 46.0. The number of aliphatic hydroxyl groups excluding tert-OH is 1. The smallest absolute Gasteiger partial charge is 0.312 e. The summed E-state index contributed by atoms with van der Waals surface area (Å²) in [5.41, 5.74) is -1.99. The summed E-state index contributed by atoms with van der Waals surface area (Å²) in [6.07, 6.45) is 12.2. The van der Waals surface area contributed by atoms with Gasteiger partial charge in [-0.3, -0.25) is 14.4 Å². The third kappa shape index (κ3) is 5.19. The van der Waals surface area contributed by atoms with Gasteiger partial charge in [-0.1, -0.05) is 45.3 Å². The number of amides is 2. The first-order valence-corrected chi connectivity index (χ1v) is 15.0. The summed E-state index contributed by atoms with van der Waals surface area (Å²) in [5.74, 6) is -2.54. The second kappa shape index (κ2) is 12.1. The summed E-state index contributed by atoms with van der Waals surface area (Å²) >= 11 is 0. The topological polar surface area (TPSA) is 96.4 Å². The van der Waals surface area contributed by atoms with Crippen LogP contribution in [0.15, 0.2) is 25.3 Å². The summed E-state index contributed by atoms with van der Waals surface area (Å²) in [6, 6.07) is -1.38. The molecule has 0 aromatic carbocycles. The summed E-state index contributed by atoms with van der Waals surface area (Å²) < 4.78 is 12.5. The molecule has 39 heavy (non-hydrogen) atoms. The molecule has 3 saturated heterocycles. The number of aliphatic hydroxyl groups is 1. The van der Waals surface area contributed by atoms with Crippen LogP contribution in [-0.2, 0) is 23.9 Å². The highest BCUT2D eigenvalue weighted by atomic mass is 16.6. The predicted octanol–water partition coefficient (Wildman–Crippen LogP) is 4.01. The van der Waals surface area contributed by atoms with E-state index in [1.54, 1.807) is 11.0 Å². The van der Waals surface area contributed by atoms with Crippen LogP contribution in [0.2, 0.25) is 0 Å². The van der Waals surface area contributed by atoms with Crippen molar-refractivity contribution < 1.29 is 29.0 Å². The van der Waals surface area contributed by atoms with Gasteiger partial charge in [-0.2, -0.15) is 0 Å². The van der Waals surface area contributed by atoms with E-state index in [0.717, 1.165) is 51.4 Å². The molecule has 8 nitrogen and oxygen atoms in total. The predicted molar refractivity (Wildman–Crippen MR) is 149 cm³/mol. The van der Waals surface area contributed by atoms with E-state index in [0.29, 0.717) is 19.4 Å². The monoisotopic (exact) mass is 544 g/mol. The molecule has 1 saturated carbocycles.